The Kier molecular flexibility index (Phi) is 2.94. The van der Waals surface area contributed by atoms with Crippen LogP contribution in [0.4, 0.5) is 0 Å². The van der Waals surface area contributed by atoms with Gasteiger partial charge < -0.3 is 20.8 Å². The van der Waals surface area contributed by atoms with Crippen LogP contribution in [0.1, 0.15) is 40.2 Å². The van der Waals surface area contributed by atoms with Gasteiger partial charge >= 0.3 is 0 Å². The topological polar surface area (TPSA) is 64.5 Å². The molecule has 4 nitrogen and oxygen atoms in total. The number of hydrogen-bond donors (Lipinski definition) is 4. The summed E-state index contributed by atoms with van der Waals surface area (Å²) in [5, 5.41) is 23.3. The van der Waals surface area contributed by atoms with Gasteiger partial charge in [-0.3, -0.25) is 0 Å². The van der Waals surface area contributed by atoms with E-state index in [1.807, 2.05) is 0 Å². The molecule has 0 saturated heterocycles. The van der Waals surface area contributed by atoms with Crippen LogP contribution in [0.2, 0.25) is 0 Å². The van der Waals surface area contributed by atoms with Gasteiger partial charge in [0.1, 0.15) is 0 Å². The standard InChI is InChI=1S/C10H24N2O2/c1-3-9(7-13)11-5-6-12-10(4-2)8-14/h9-14H,3-8H2,1-2H3/t9-,10-/m0/s1/i1D3,2D3,3D2,4D2. The van der Waals surface area contributed by atoms with Crippen molar-refractivity contribution in [1.29, 1.82) is 0 Å². The Hall–Kier alpha value is -0.160. The van der Waals surface area contributed by atoms with Crippen molar-refractivity contribution in [2.24, 2.45) is 0 Å². The Bertz CT molecular complexity index is 349. The quantitative estimate of drug-likeness (QED) is 0.398. The van der Waals surface area contributed by atoms with E-state index in [2.05, 4.69) is 10.6 Å². The van der Waals surface area contributed by atoms with Crippen LogP contribution < -0.4 is 10.6 Å². The van der Waals surface area contributed by atoms with Crippen molar-refractivity contribution < 1.29 is 23.9 Å². The lowest BCUT2D eigenvalue weighted by Gasteiger charge is -2.17. The molecule has 4 heteroatoms. The second-order valence-electron chi connectivity index (χ2n) is 2.67. The maximum absolute atomic E-state index is 9.17. The second-order valence-corrected chi connectivity index (χ2v) is 2.67. The fraction of sp³-hybridized carbons (Fsp3) is 1.00. The molecule has 0 rings (SSSR count). The van der Waals surface area contributed by atoms with Crippen molar-refractivity contribution in [3.8, 4) is 0 Å². The molecular weight excluding hydrogens is 180 g/mol. The van der Waals surface area contributed by atoms with Crippen molar-refractivity contribution in [1.82, 2.24) is 10.6 Å². The maximum Gasteiger partial charge on any atom is 0.0584 e. The lowest BCUT2D eigenvalue weighted by atomic mass is 10.2. The van der Waals surface area contributed by atoms with Crippen LogP contribution in [0, 0.1) is 0 Å². The van der Waals surface area contributed by atoms with Crippen molar-refractivity contribution in [2.45, 2.75) is 38.5 Å². The molecule has 14 heavy (non-hydrogen) atoms. The SMILES string of the molecule is [2H]C([2H])([2H])C([2H])([2H])[C@@H](CO)NCCN[C@H](CO)C([2H])([2H])C([2H])([2H])[2H]. The Labute approximate surface area is 101 Å². The average Bonchev–Trinajstić information content (AvgIpc) is 2.39. The van der Waals surface area contributed by atoms with Gasteiger partial charge in [-0.05, 0) is 12.7 Å². The first-order valence-electron chi connectivity index (χ1n) is 9.31. The molecule has 0 saturated carbocycles. The van der Waals surface area contributed by atoms with Gasteiger partial charge in [-0.25, -0.2) is 0 Å². The molecule has 0 aromatic carbocycles. The molecule has 0 aliphatic heterocycles. The molecule has 4 N–H and O–H groups in total. The molecule has 0 aromatic rings. The predicted octanol–water partition coefficient (Wildman–Crippen LogP) is -0.293. The number of aliphatic hydroxyl groups excluding tert-OH is 2. The highest BCUT2D eigenvalue weighted by molar-refractivity contribution is 4.67. The third-order valence-electron chi connectivity index (χ3n) is 1.62. The lowest BCUT2D eigenvalue weighted by molar-refractivity contribution is 0.229. The van der Waals surface area contributed by atoms with Crippen LogP contribution in [-0.4, -0.2) is 48.6 Å². The summed E-state index contributed by atoms with van der Waals surface area (Å²) in [5.41, 5.74) is 0. The fourth-order valence-corrected chi connectivity index (χ4v) is 0.815. The summed E-state index contributed by atoms with van der Waals surface area (Å²) in [4.78, 5) is 0. The van der Waals surface area contributed by atoms with Gasteiger partial charge in [0.05, 0.1) is 13.2 Å². The summed E-state index contributed by atoms with van der Waals surface area (Å²) in [5.74, 6) is 0. The zero-order valence-corrected chi connectivity index (χ0v) is 7.88. The van der Waals surface area contributed by atoms with Crippen LogP contribution in [0.3, 0.4) is 0 Å². The molecule has 86 valence electrons. The molecular formula is C10H24N2O2. The first kappa shape index (κ1) is 4.37. The summed E-state index contributed by atoms with van der Waals surface area (Å²) < 4.78 is 73.1. The van der Waals surface area contributed by atoms with Crippen molar-refractivity contribution in [3.05, 3.63) is 0 Å². The van der Waals surface area contributed by atoms with Crippen LogP contribution in [-0.2, 0) is 0 Å². The number of rotatable bonds is 9. The summed E-state index contributed by atoms with van der Waals surface area (Å²) >= 11 is 0. The normalized spacial score (nSPS) is 29.9. The van der Waals surface area contributed by atoms with E-state index < -0.39 is 51.7 Å². The highest BCUT2D eigenvalue weighted by Crippen LogP contribution is 1.89. The van der Waals surface area contributed by atoms with E-state index in [0.717, 1.165) is 0 Å². The molecule has 0 unspecified atom stereocenters. The molecule has 2 atom stereocenters. The summed E-state index contributed by atoms with van der Waals surface area (Å²) in [6.07, 6.45) is -5.38. The molecule has 0 spiro atoms. The van der Waals surface area contributed by atoms with Gasteiger partial charge in [0.2, 0.25) is 0 Å². The third-order valence-corrected chi connectivity index (χ3v) is 1.62. The molecule has 0 fully saturated rings. The molecule has 0 aliphatic carbocycles. The smallest absolute Gasteiger partial charge is 0.0584 e. The average molecular weight is 214 g/mol. The van der Waals surface area contributed by atoms with Gasteiger partial charge in [0.15, 0.2) is 0 Å². The first-order valence-corrected chi connectivity index (χ1v) is 4.31. The van der Waals surface area contributed by atoms with E-state index in [1.165, 1.54) is 0 Å². The third kappa shape index (κ3) is 6.32. The number of aliphatic hydroxyl groups is 2. The van der Waals surface area contributed by atoms with Gasteiger partial charge in [-0.15, -0.1) is 0 Å². The Morgan fingerprint density at radius 2 is 1.50 bits per heavy atom. The van der Waals surface area contributed by atoms with Crippen molar-refractivity contribution in [3.63, 3.8) is 0 Å². The molecule has 0 radical (unpaired) electrons. The highest BCUT2D eigenvalue weighted by atomic mass is 16.3. The Morgan fingerprint density at radius 3 is 1.79 bits per heavy atom. The lowest BCUT2D eigenvalue weighted by Crippen LogP contribution is -2.40. The van der Waals surface area contributed by atoms with E-state index in [1.54, 1.807) is 0 Å². The molecule has 0 amide bonds. The van der Waals surface area contributed by atoms with Gasteiger partial charge in [-0.1, -0.05) is 13.7 Å². The van der Waals surface area contributed by atoms with Crippen LogP contribution in [0.5, 0.6) is 0 Å². The molecule has 0 heterocycles. The van der Waals surface area contributed by atoms with Crippen molar-refractivity contribution in [2.75, 3.05) is 26.3 Å². The summed E-state index contributed by atoms with van der Waals surface area (Å²) in [6, 6.07) is -2.78. The number of nitrogens with one attached hydrogen (secondary N) is 2. The van der Waals surface area contributed by atoms with E-state index in [4.69, 9.17) is 23.9 Å². The fourth-order valence-electron chi connectivity index (χ4n) is 0.815. The monoisotopic (exact) mass is 214 g/mol. The van der Waals surface area contributed by atoms with Crippen LogP contribution >= 0.6 is 0 Å². The largest absolute Gasteiger partial charge is 0.395 e. The minimum atomic E-state index is -2.95. The minimum absolute atomic E-state index is 0.0750. The summed E-state index contributed by atoms with van der Waals surface area (Å²) in [6.45, 7) is -7.60. The highest BCUT2D eigenvalue weighted by Gasteiger charge is 2.04. The van der Waals surface area contributed by atoms with Crippen LogP contribution in [0.25, 0.3) is 0 Å². The van der Waals surface area contributed by atoms with Crippen molar-refractivity contribution >= 4 is 0 Å². The molecule has 0 aliphatic rings. The second kappa shape index (κ2) is 9.40. The number of hydrogen-bond acceptors (Lipinski definition) is 4. The van der Waals surface area contributed by atoms with E-state index in [-0.39, 0.29) is 13.1 Å². The van der Waals surface area contributed by atoms with Crippen LogP contribution in [0.15, 0.2) is 0 Å². The maximum atomic E-state index is 9.17. The molecule has 0 bridgehead atoms. The predicted molar refractivity (Wildman–Crippen MR) is 58.3 cm³/mol. The Balaban J connectivity index is 4.66. The zero-order valence-electron chi connectivity index (χ0n) is 17.9. The Morgan fingerprint density at radius 1 is 1.07 bits per heavy atom. The zero-order chi connectivity index (χ0) is 19.4. The van der Waals surface area contributed by atoms with E-state index in [9.17, 15) is 0 Å². The first-order chi connectivity index (χ1) is 10.6. The molecule has 0 aromatic heterocycles. The minimum Gasteiger partial charge on any atom is -0.395 e. The van der Waals surface area contributed by atoms with Gasteiger partial charge in [-0.2, -0.15) is 0 Å². The van der Waals surface area contributed by atoms with E-state index in [0.29, 0.717) is 0 Å². The summed E-state index contributed by atoms with van der Waals surface area (Å²) in [7, 11) is 0. The van der Waals surface area contributed by atoms with E-state index >= 15 is 0 Å². The van der Waals surface area contributed by atoms with Gasteiger partial charge in [0, 0.05) is 38.9 Å². The van der Waals surface area contributed by atoms with Gasteiger partial charge in [0.25, 0.3) is 0 Å².